The van der Waals surface area contributed by atoms with Gasteiger partial charge >= 0.3 is 0 Å². The van der Waals surface area contributed by atoms with Crippen molar-refractivity contribution < 1.29 is 4.79 Å². The van der Waals surface area contributed by atoms with Gasteiger partial charge in [-0.25, -0.2) is 0 Å². The first-order chi connectivity index (χ1) is 9.70. The van der Waals surface area contributed by atoms with E-state index in [9.17, 15) is 4.79 Å². The summed E-state index contributed by atoms with van der Waals surface area (Å²) in [6, 6.07) is 9.21. The maximum Gasteiger partial charge on any atom is 0.253 e. The Morgan fingerprint density at radius 3 is 2.90 bits per heavy atom. The van der Waals surface area contributed by atoms with Gasteiger partial charge in [0.25, 0.3) is 5.91 Å². The van der Waals surface area contributed by atoms with E-state index in [4.69, 9.17) is 0 Å². The lowest BCUT2D eigenvalue weighted by atomic mass is 9.95. The maximum absolute atomic E-state index is 12.4. The summed E-state index contributed by atoms with van der Waals surface area (Å²) in [6.45, 7) is 0. The molecular weight excluding hydrogens is 318 g/mol. The highest BCUT2D eigenvalue weighted by Crippen LogP contribution is 2.28. The highest BCUT2D eigenvalue weighted by Gasteiger charge is 2.39. The monoisotopic (exact) mass is 333 g/mol. The lowest BCUT2D eigenvalue weighted by Gasteiger charge is -2.21. The molecule has 0 radical (unpaired) electrons. The van der Waals surface area contributed by atoms with Crippen LogP contribution in [0.5, 0.6) is 0 Å². The van der Waals surface area contributed by atoms with E-state index in [0.717, 1.165) is 16.5 Å². The number of rotatable bonds is 2. The van der Waals surface area contributed by atoms with Gasteiger partial charge in [0.2, 0.25) is 0 Å². The largest absolute Gasteiger partial charge is 0.348 e. The van der Waals surface area contributed by atoms with Gasteiger partial charge in [-0.2, -0.15) is 0 Å². The molecule has 104 valence electrons. The van der Waals surface area contributed by atoms with E-state index in [2.05, 4.69) is 26.6 Å². The molecule has 2 bridgehead atoms. The van der Waals surface area contributed by atoms with E-state index >= 15 is 0 Å². The Balaban J connectivity index is 1.56. The molecule has 4 nitrogen and oxygen atoms in total. The summed E-state index contributed by atoms with van der Waals surface area (Å²) in [5, 5.41) is 6.71. The molecule has 0 aliphatic carbocycles. The van der Waals surface area contributed by atoms with Crippen LogP contribution in [0, 0.1) is 0 Å². The van der Waals surface area contributed by atoms with Crippen molar-refractivity contribution in [1.29, 1.82) is 0 Å². The van der Waals surface area contributed by atoms with Crippen molar-refractivity contribution in [3.63, 3.8) is 0 Å². The fraction of sp³-hybridized carbons (Fsp3) is 0.400. The molecule has 5 heteroatoms. The number of hydrogen-bond donors (Lipinski definition) is 2. The van der Waals surface area contributed by atoms with E-state index in [1.807, 2.05) is 34.9 Å². The van der Waals surface area contributed by atoms with Crippen LogP contribution in [0.2, 0.25) is 0 Å². The van der Waals surface area contributed by atoms with Gasteiger partial charge in [-0.1, -0.05) is 0 Å². The van der Waals surface area contributed by atoms with E-state index in [-0.39, 0.29) is 11.9 Å². The molecule has 2 N–H and O–H groups in total. The average Bonchev–Trinajstić information content (AvgIpc) is 3.15. The Morgan fingerprint density at radius 2 is 2.15 bits per heavy atom. The first-order valence-corrected chi connectivity index (χ1v) is 7.83. The summed E-state index contributed by atoms with van der Waals surface area (Å²) in [6.07, 6.45) is 5.37. The van der Waals surface area contributed by atoms with Crippen LogP contribution in [-0.2, 0) is 0 Å². The Labute approximate surface area is 125 Å². The summed E-state index contributed by atoms with van der Waals surface area (Å²) in [5.74, 6) is 0.0202. The minimum Gasteiger partial charge on any atom is -0.348 e. The summed E-state index contributed by atoms with van der Waals surface area (Å²) in [7, 11) is 0. The molecule has 0 aromatic carbocycles. The molecule has 2 saturated heterocycles. The van der Waals surface area contributed by atoms with Crippen LogP contribution >= 0.6 is 15.9 Å². The van der Waals surface area contributed by atoms with E-state index < -0.39 is 0 Å². The van der Waals surface area contributed by atoms with Crippen molar-refractivity contribution in [2.24, 2.45) is 0 Å². The number of aromatic nitrogens is 1. The number of carbonyl (C=O) groups is 1. The zero-order valence-electron chi connectivity index (χ0n) is 11.0. The number of halogens is 1. The van der Waals surface area contributed by atoms with Crippen LogP contribution in [0.1, 0.15) is 29.6 Å². The van der Waals surface area contributed by atoms with Gasteiger partial charge in [0.15, 0.2) is 0 Å². The van der Waals surface area contributed by atoms with Gasteiger partial charge in [-0.15, -0.1) is 0 Å². The lowest BCUT2D eigenvalue weighted by molar-refractivity contribution is 0.0930. The Hall–Kier alpha value is -1.33. The molecule has 2 aromatic rings. The van der Waals surface area contributed by atoms with Crippen molar-refractivity contribution in [3.05, 3.63) is 40.6 Å². The Kier molecular flexibility index (Phi) is 2.86. The molecule has 2 aromatic heterocycles. The number of fused-ring (bicyclic) bond motifs is 3. The topological polar surface area (TPSA) is 45.5 Å². The van der Waals surface area contributed by atoms with Crippen molar-refractivity contribution in [2.75, 3.05) is 0 Å². The molecule has 4 heterocycles. The number of amides is 1. The van der Waals surface area contributed by atoms with Crippen LogP contribution in [0.25, 0.3) is 5.52 Å². The summed E-state index contributed by atoms with van der Waals surface area (Å²) >= 11 is 3.49. The van der Waals surface area contributed by atoms with Crippen molar-refractivity contribution in [1.82, 2.24) is 15.0 Å². The number of carbonyl (C=O) groups excluding carboxylic acids is 1. The van der Waals surface area contributed by atoms with E-state index in [1.165, 1.54) is 12.8 Å². The Morgan fingerprint density at radius 1 is 1.30 bits per heavy atom. The normalized spacial score (nSPS) is 28.1. The third-order valence-corrected chi connectivity index (χ3v) is 5.13. The van der Waals surface area contributed by atoms with Crippen LogP contribution < -0.4 is 10.6 Å². The molecule has 0 unspecified atom stereocenters. The van der Waals surface area contributed by atoms with E-state index in [1.54, 1.807) is 0 Å². The van der Waals surface area contributed by atoms with E-state index in [0.29, 0.717) is 17.6 Å². The van der Waals surface area contributed by atoms with Crippen molar-refractivity contribution >= 4 is 27.4 Å². The third kappa shape index (κ3) is 1.96. The second-order valence-electron chi connectivity index (χ2n) is 5.73. The summed E-state index contributed by atoms with van der Waals surface area (Å²) < 4.78 is 2.94. The molecule has 3 atom stereocenters. The average molecular weight is 334 g/mol. The second-order valence-corrected chi connectivity index (χ2v) is 6.54. The standard InChI is InChI=1S/C15H16BrN3O/c16-14-6-4-11-3-1-9(8-19(11)14)15(20)18-13-7-10-2-5-12(13)17-10/h1,3-4,6,8,10,12-13,17H,2,5,7H2,(H,18,20)/t10-,12+,13-/m1/s1. The van der Waals surface area contributed by atoms with Crippen LogP contribution in [0.3, 0.4) is 0 Å². The van der Waals surface area contributed by atoms with Crippen LogP contribution in [0.4, 0.5) is 0 Å². The molecule has 1 amide bonds. The molecule has 4 rings (SSSR count). The fourth-order valence-corrected chi connectivity index (χ4v) is 3.88. The number of pyridine rings is 1. The smallest absolute Gasteiger partial charge is 0.253 e. The molecule has 2 aliphatic heterocycles. The zero-order valence-corrected chi connectivity index (χ0v) is 12.6. The first kappa shape index (κ1) is 12.4. The van der Waals surface area contributed by atoms with Gasteiger partial charge in [-0.3, -0.25) is 4.79 Å². The quantitative estimate of drug-likeness (QED) is 0.885. The van der Waals surface area contributed by atoms with Crippen LogP contribution in [-0.4, -0.2) is 28.4 Å². The molecule has 2 fully saturated rings. The van der Waals surface area contributed by atoms with Gasteiger partial charge < -0.3 is 15.0 Å². The molecular formula is C15H16BrN3O. The summed E-state index contributed by atoms with van der Waals surface area (Å²) in [4.78, 5) is 12.4. The molecule has 2 aliphatic rings. The second kappa shape index (κ2) is 4.60. The summed E-state index contributed by atoms with van der Waals surface area (Å²) in [5.41, 5.74) is 1.78. The molecule has 0 saturated carbocycles. The van der Waals surface area contributed by atoms with Gasteiger partial charge in [0, 0.05) is 29.8 Å². The van der Waals surface area contributed by atoms with Crippen LogP contribution in [0.15, 0.2) is 35.1 Å². The lowest BCUT2D eigenvalue weighted by Crippen LogP contribution is -2.42. The zero-order chi connectivity index (χ0) is 13.7. The first-order valence-electron chi connectivity index (χ1n) is 7.04. The van der Waals surface area contributed by atoms with Gasteiger partial charge in [0.05, 0.1) is 10.2 Å². The highest BCUT2D eigenvalue weighted by molar-refractivity contribution is 9.10. The number of hydrogen-bond acceptors (Lipinski definition) is 2. The minimum atomic E-state index is 0.0202. The predicted octanol–water partition coefficient (Wildman–Crippen LogP) is 2.32. The van der Waals surface area contributed by atoms with Gasteiger partial charge in [0.1, 0.15) is 0 Å². The minimum absolute atomic E-state index is 0.0202. The third-order valence-electron chi connectivity index (χ3n) is 4.48. The highest BCUT2D eigenvalue weighted by atomic mass is 79.9. The van der Waals surface area contributed by atoms with Crippen molar-refractivity contribution in [3.8, 4) is 0 Å². The number of nitrogens with zero attached hydrogens (tertiary/aromatic N) is 1. The van der Waals surface area contributed by atoms with Gasteiger partial charge in [-0.05, 0) is 59.5 Å². The fourth-order valence-electron chi connectivity index (χ4n) is 3.44. The Bertz CT molecular complexity index is 681. The maximum atomic E-state index is 12.4. The number of nitrogens with one attached hydrogen (secondary N) is 2. The molecule has 0 spiro atoms. The SMILES string of the molecule is O=C(N[C@@H]1C[C@H]2CC[C@@H]1N2)c1ccc2ccc(Br)n2c1. The van der Waals surface area contributed by atoms with Crippen molar-refractivity contribution in [2.45, 2.75) is 37.4 Å². The molecule has 20 heavy (non-hydrogen) atoms. The predicted molar refractivity (Wildman–Crippen MR) is 80.9 cm³/mol.